The van der Waals surface area contributed by atoms with E-state index in [0.717, 1.165) is 5.56 Å². The lowest BCUT2D eigenvalue weighted by atomic mass is 10.1. The van der Waals surface area contributed by atoms with E-state index in [2.05, 4.69) is 9.97 Å². The quantitative estimate of drug-likeness (QED) is 0.433. The Morgan fingerprint density at radius 2 is 1.53 bits per heavy atom. The fourth-order valence-electron chi connectivity index (χ4n) is 4.31. The van der Waals surface area contributed by atoms with Crippen LogP contribution in [0.1, 0.15) is 26.4 Å². The summed E-state index contributed by atoms with van der Waals surface area (Å²) in [4.78, 5) is 51.7. The summed E-state index contributed by atoms with van der Waals surface area (Å²) in [6.45, 7) is 1.63. The average molecular weight is 484 g/mol. The van der Waals surface area contributed by atoms with E-state index >= 15 is 0 Å². The van der Waals surface area contributed by atoms with Gasteiger partial charge in [0.05, 0.1) is 13.7 Å². The third-order valence-electron chi connectivity index (χ3n) is 6.28. The molecule has 3 heterocycles. The zero-order valence-electron chi connectivity index (χ0n) is 19.8. The van der Waals surface area contributed by atoms with Crippen LogP contribution in [0.15, 0.2) is 77.7 Å². The monoisotopic (exact) mass is 483 g/mol. The van der Waals surface area contributed by atoms with Crippen molar-refractivity contribution >= 4 is 23.0 Å². The number of aromatic nitrogens is 3. The molecule has 0 atom stereocenters. The SMILES string of the molecule is COc1ccc(C(=O)N2CCN(C(=O)c3nc4cccnc4n(Cc4ccccc4)c3=O)CC2)cc1. The van der Waals surface area contributed by atoms with Crippen molar-refractivity contribution in [1.82, 2.24) is 24.3 Å². The number of amides is 2. The number of fused-ring (bicyclic) bond motifs is 1. The molecule has 1 fully saturated rings. The van der Waals surface area contributed by atoms with Crippen molar-refractivity contribution in [3.63, 3.8) is 0 Å². The summed E-state index contributed by atoms with van der Waals surface area (Å²) >= 11 is 0. The normalized spacial score (nSPS) is 13.6. The molecule has 2 amide bonds. The molecule has 5 rings (SSSR count). The molecule has 4 aromatic rings. The number of piperazine rings is 1. The molecule has 182 valence electrons. The Morgan fingerprint density at radius 3 is 2.19 bits per heavy atom. The van der Waals surface area contributed by atoms with Gasteiger partial charge in [-0.15, -0.1) is 0 Å². The van der Waals surface area contributed by atoms with E-state index in [1.54, 1.807) is 59.5 Å². The van der Waals surface area contributed by atoms with Gasteiger partial charge in [0.1, 0.15) is 11.3 Å². The van der Waals surface area contributed by atoms with Gasteiger partial charge in [-0.1, -0.05) is 30.3 Å². The van der Waals surface area contributed by atoms with E-state index in [1.165, 1.54) is 4.57 Å². The van der Waals surface area contributed by atoms with Crippen LogP contribution < -0.4 is 10.3 Å². The predicted octanol–water partition coefficient (Wildman–Crippen LogP) is 2.45. The number of benzene rings is 2. The number of methoxy groups -OCH3 is 1. The maximum atomic E-state index is 13.4. The molecule has 9 nitrogen and oxygen atoms in total. The van der Waals surface area contributed by atoms with Crippen molar-refractivity contribution in [1.29, 1.82) is 0 Å². The topological polar surface area (TPSA) is 97.6 Å². The maximum absolute atomic E-state index is 13.4. The summed E-state index contributed by atoms with van der Waals surface area (Å²) in [5, 5.41) is 0. The van der Waals surface area contributed by atoms with Gasteiger partial charge in [0, 0.05) is 37.9 Å². The summed E-state index contributed by atoms with van der Waals surface area (Å²) in [6.07, 6.45) is 1.60. The van der Waals surface area contributed by atoms with Crippen molar-refractivity contribution in [3.8, 4) is 5.75 Å². The zero-order valence-corrected chi connectivity index (χ0v) is 19.8. The van der Waals surface area contributed by atoms with Crippen LogP contribution in [-0.2, 0) is 6.54 Å². The lowest BCUT2D eigenvalue weighted by Gasteiger charge is -2.34. The lowest BCUT2D eigenvalue weighted by molar-refractivity contribution is 0.0531. The molecule has 0 spiro atoms. The van der Waals surface area contributed by atoms with Crippen LogP contribution in [0.4, 0.5) is 0 Å². The first-order valence-electron chi connectivity index (χ1n) is 11.7. The zero-order chi connectivity index (χ0) is 25.1. The minimum Gasteiger partial charge on any atom is -0.497 e. The first-order valence-corrected chi connectivity index (χ1v) is 11.7. The van der Waals surface area contributed by atoms with E-state index < -0.39 is 11.5 Å². The molecular formula is C27H25N5O4. The lowest BCUT2D eigenvalue weighted by Crippen LogP contribution is -2.51. The van der Waals surface area contributed by atoms with E-state index in [0.29, 0.717) is 48.7 Å². The second-order valence-corrected chi connectivity index (χ2v) is 8.50. The summed E-state index contributed by atoms with van der Waals surface area (Å²) < 4.78 is 6.64. The number of ether oxygens (including phenoxy) is 1. The smallest absolute Gasteiger partial charge is 0.284 e. The Bertz CT molecular complexity index is 1460. The minimum absolute atomic E-state index is 0.107. The second kappa shape index (κ2) is 9.99. The number of hydrogen-bond acceptors (Lipinski definition) is 6. The first kappa shape index (κ1) is 23.2. The van der Waals surface area contributed by atoms with Crippen LogP contribution in [0.5, 0.6) is 5.75 Å². The Labute approximate surface area is 207 Å². The number of hydrogen-bond donors (Lipinski definition) is 0. The standard InChI is InChI=1S/C27H25N5O4/c1-36-21-11-9-20(10-12-21)25(33)30-14-16-31(17-15-30)26(34)23-27(35)32(18-19-6-3-2-4-7-19)24-22(29-23)8-5-13-28-24/h2-13H,14-18H2,1H3. The Kier molecular flexibility index (Phi) is 6.44. The van der Waals surface area contributed by atoms with Gasteiger partial charge in [-0.25, -0.2) is 9.97 Å². The van der Waals surface area contributed by atoms with Crippen molar-refractivity contribution in [2.24, 2.45) is 0 Å². The molecule has 0 N–H and O–H groups in total. The van der Waals surface area contributed by atoms with Crippen LogP contribution in [0, 0.1) is 0 Å². The summed E-state index contributed by atoms with van der Waals surface area (Å²) in [5.41, 5.74) is 1.76. The average Bonchev–Trinajstić information content (AvgIpc) is 2.94. The van der Waals surface area contributed by atoms with Crippen molar-refractivity contribution < 1.29 is 14.3 Å². The number of nitrogens with zero attached hydrogens (tertiary/aromatic N) is 5. The molecule has 0 radical (unpaired) electrons. The molecule has 2 aromatic heterocycles. The fraction of sp³-hybridized carbons (Fsp3) is 0.222. The van der Waals surface area contributed by atoms with Crippen LogP contribution >= 0.6 is 0 Å². The third-order valence-corrected chi connectivity index (χ3v) is 6.28. The highest BCUT2D eigenvalue weighted by Gasteiger charge is 2.28. The predicted molar refractivity (Wildman–Crippen MR) is 134 cm³/mol. The van der Waals surface area contributed by atoms with E-state index in [9.17, 15) is 14.4 Å². The Morgan fingerprint density at radius 1 is 0.861 bits per heavy atom. The maximum Gasteiger partial charge on any atom is 0.284 e. The molecule has 2 aromatic carbocycles. The van der Waals surface area contributed by atoms with E-state index in [-0.39, 0.29) is 18.1 Å². The fourth-order valence-corrected chi connectivity index (χ4v) is 4.31. The van der Waals surface area contributed by atoms with Gasteiger partial charge in [-0.05, 0) is 42.0 Å². The second-order valence-electron chi connectivity index (χ2n) is 8.50. The highest BCUT2D eigenvalue weighted by Crippen LogP contribution is 2.16. The largest absolute Gasteiger partial charge is 0.497 e. The van der Waals surface area contributed by atoms with Crippen LogP contribution in [0.25, 0.3) is 11.2 Å². The van der Waals surface area contributed by atoms with Gasteiger partial charge in [0.25, 0.3) is 17.4 Å². The highest BCUT2D eigenvalue weighted by atomic mass is 16.5. The summed E-state index contributed by atoms with van der Waals surface area (Å²) in [7, 11) is 1.57. The van der Waals surface area contributed by atoms with Gasteiger partial charge in [0.2, 0.25) is 0 Å². The number of carbonyl (C=O) groups excluding carboxylic acids is 2. The Hall–Kier alpha value is -4.53. The van der Waals surface area contributed by atoms with Gasteiger partial charge in [-0.3, -0.25) is 19.0 Å². The van der Waals surface area contributed by atoms with Gasteiger partial charge in [-0.2, -0.15) is 0 Å². The number of carbonyl (C=O) groups is 2. The molecular weight excluding hydrogens is 458 g/mol. The Balaban J connectivity index is 1.36. The molecule has 0 unspecified atom stereocenters. The molecule has 1 saturated heterocycles. The van der Waals surface area contributed by atoms with E-state index in [4.69, 9.17) is 4.74 Å². The van der Waals surface area contributed by atoms with Gasteiger partial charge < -0.3 is 14.5 Å². The molecule has 0 aliphatic carbocycles. The van der Waals surface area contributed by atoms with Crippen molar-refractivity contribution in [3.05, 3.63) is 100 Å². The van der Waals surface area contributed by atoms with Gasteiger partial charge >= 0.3 is 0 Å². The molecule has 1 aliphatic heterocycles. The van der Waals surface area contributed by atoms with E-state index in [1.807, 2.05) is 30.3 Å². The summed E-state index contributed by atoms with van der Waals surface area (Å²) in [5.74, 6) is 0.131. The number of pyridine rings is 1. The first-order chi connectivity index (χ1) is 17.5. The molecule has 9 heteroatoms. The minimum atomic E-state index is -0.480. The third kappa shape index (κ3) is 4.55. The highest BCUT2D eigenvalue weighted by molar-refractivity contribution is 5.95. The molecule has 36 heavy (non-hydrogen) atoms. The molecule has 1 aliphatic rings. The van der Waals surface area contributed by atoms with Crippen LogP contribution in [-0.4, -0.2) is 69.4 Å². The van der Waals surface area contributed by atoms with Gasteiger partial charge in [0.15, 0.2) is 11.3 Å². The number of rotatable bonds is 5. The molecule has 0 saturated carbocycles. The van der Waals surface area contributed by atoms with Crippen molar-refractivity contribution in [2.75, 3.05) is 33.3 Å². The van der Waals surface area contributed by atoms with Crippen LogP contribution in [0.3, 0.4) is 0 Å². The molecule has 0 bridgehead atoms. The summed E-state index contributed by atoms with van der Waals surface area (Å²) in [6, 6.07) is 19.9. The van der Waals surface area contributed by atoms with Crippen molar-refractivity contribution in [2.45, 2.75) is 6.54 Å². The van der Waals surface area contributed by atoms with Crippen LogP contribution in [0.2, 0.25) is 0 Å².